The molecule has 0 atom stereocenters. The highest BCUT2D eigenvalue weighted by molar-refractivity contribution is 5.49. The molecule has 3 aliphatic heterocycles. The van der Waals surface area contributed by atoms with Crippen LogP contribution in [0, 0.1) is 0 Å². The first-order chi connectivity index (χ1) is 10.2. The van der Waals surface area contributed by atoms with Gasteiger partial charge in [-0.15, -0.1) is 4.57 Å². The van der Waals surface area contributed by atoms with Gasteiger partial charge in [0.15, 0.2) is 5.65 Å². The molecular weight excluding hydrogens is 268 g/mol. The maximum absolute atomic E-state index is 12.3. The second kappa shape index (κ2) is 4.87. The standard InChI is InChI=1S/C15H20N4O2/c1-2-12-9-14-16-13(10-15(20)19(14)21-12)18-8-7-17-5-3-11(18)4-6-17/h9-11H,2-8H2,1H3. The molecule has 0 spiro atoms. The molecule has 0 aromatic carbocycles. The molecule has 112 valence electrons. The number of piperidine rings is 1. The second-order valence-electron chi connectivity index (χ2n) is 5.93. The molecule has 5 heterocycles. The van der Waals surface area contributed by atoms with E-state index in [2.05, 4.69) is 14.8 Å². The van der Waals surface area contributed by atoms with Crippen LogP contribution >= 0.6 is 0 Å². The third-order valence-electron chi connectivity index (χ3n) is 4.69. The summed E-state index contributed by atoms with van der Waals surface area (Å²) < 4.78 is 6.78. The lowest BCUT2D eigenvalue weighted by Gasteiger charge is -2.31. The predicted molar refractivity (Wildman–Crippen MR) is 79.9 cm³/mol. The highest BCUT2D eigenvalue weighted by Gasteiger charge is 2.30. The molecule has 6 nitrogen and oxygen atoms in total. The molecule has 3 fully saturated rings. The van der Waals surface area contributed by atoms with Gasteiger partial charge >= 0.3 is 0 Å². The first-order valence-electron chi connectivity index (χ1n) is 7.76. The zero-order chi connectivity index (χ0) is 14.4. The molecule has 0 unspecified atom stereocenters. The van der Waals surface area contributed by atoms with Crippen LogP contribution in [0.2, 0.25) is 0 Å². The van der Waals surface area contributed by atoms with E-state index in [0.29, 0.717) is 11.7 Å². The molecule has 3 aliphatic rings. The smallest absolute Gasteiger partial charge is 0.289 e. The van der Waals surface area contributed by atoms with Crippen LogP contribution in [-0.4, -0.2) is 46.7 Å². The summed E-state index contributed by atoms with van der Waals surface area (Å²) in [6.07, 6.45) is 3.08. The van der Waals surface area contributed by atoms with Gasteiger partial charge < -0.3 is 14.3 Å². The summed E-state index contributed by atoms with van der Waals surface area (Å²) in [5.74, 6) is 1.59. The lowest BCUT2D eigenvalue weighted by molar-refractivity contribution is 0.250. The Morgan fingerprint density at radius 3 is 2.81 bits per heavy atom. The van der Waals surface area contributed by atoms with Crippen molar-refractivity contribution in [3.05, 3.63) is 28.2 Å². The number of hydrogen-bond donors (Lipinski definition) is 0. The normalized spacial score (nSPS) is 25.5. The second-order valence-corrected chi connectivity index (χ2v) is 5.93. The topological polar surface area (TPSA) is 54.0 Å². The highest BCUT2D eigenvalue weighted by Crippen LogP contribution is 2.25. The number of aryl methyl sites for hydroxylation is 1. The maximum Gasteiger partial charge on any atom is 0.289 e. The lowest BCUT2D eigenvalue weighted by atomic mass is 10.1. The minimum Gasteiger partial charge on any atom is -0.374 e. The Balaban J connectivity index is 1.77. The first kappa shape index (κ1) is 12.9. The fraction of sp³-hybridized carbons (Fsp3) is 0.600. The zero-order valence-corrected chi connectivity index (χ0v) is 12.3. The van der Waals surface area contributed by atoms with E-state index in [1.807, 2.05) is 13.0 Å². The van der Waals surface area contributed by atoms with Gasteiger partial charge in [0.05, 0.1) is 0 Å². The molecule has 2 aromatic rings. The molecule has 6 heteroatoms. The van der Waals surface area contributed by atoms with Crippen molar-refractivity contribution in [1.29, 1.82) is 0 Å². The largest absolute Gasteiger partial charge is 0.374 e. The summed E-state index contributed by atoms with van der Waals surface area (Å²) in [6, 6.07) is 3.99. The Labute approximate surface area is 122 Å². The summed E-state index contributed by atoms with van der Waals surface area (Å²) >= 11 is 0. The molecule has 0 aliphatic carbocycles. The average molecular weight is 288 g/mol. The summed E-state index contributed by atoms with van der Waals surface area (Å²) in [5, 5.41) is 0. The number of fused-ring (bicyclic) bond motifs is 5. The SMILES string of the molecule is CCc1cc2nc(N3CCN4CCC3CC4)cc(=O)n2o1. The zero-order valence-electron chi connectivity index (χ0n) is 12.3. The molecular formula is C15H20N4O2. The Hall–Kier alpha value is -1.82. The summed E-state index contributed by atoms with van der Waals surface area (Å²) in [5.41, 5.74) is 0.488. The minimum absolute atomic E-state index is 0.131. The van der Waals surface area contributed by atoms with Crippen LogP contribution in [0.1, 0.15) is 25.5 Å². The van der Waals surface area contributed by atoms with E-state index in [1.54, 1.807) is 6.07 Å². The van der Waals surface area contributed by atoms with Crippen molar-refractivity contribution < 1.29 is 4.52 Å². The monoisotopic (exact) mass is 288 g/mol. The first-order valence-corrected chi connectivity index (χ1v) is 7.76. The van der Waals surface area contributed by atoms with Gasteiger partial charge in [0, 0.05) is 50.8 Å². The van der Waals surface area contributed by atoms with Gasteiger partial charge in [0.25, 0.3) is 5.56 Å². The molecule has 0 N–H and O–H groups in total. The third kappa shape index (κ3) is 2.14. The molecule has 3 saturated heterocycles. The Kier molecular flexibility index (Phi) is 2.99. The molecule has 2 bridgehead atoms. The maximum atomic E-state index is 12.3. The molecule has 21 heavy (non-hydrogen) atoms. The predicted octanol–water partition coefficient (Wildman–Crippen LogP) is 1.13. The average Bonchev–Trinajstić information content (AvgIpc) is 2.70. The fourth-order valence-corrected chi connectivity index (χ4v) is 3.45. The van der Waals surface area contributed by atoms with Gasteiger partial charge in [-0.2, -0.15) is 0 Å². The third-order valence-corrected chi connectivity index (χ3v) is 4.69. The summed E-state index contributed by atoms with van der Waals surface area (Å²) in [7, 11) is 0. The summed E-state index contributed by atoms with van der Waals surface area (Å²) in [6.45, 7) is 6.34. The Bertz CT molecular complexity index is 712. The molecule has 0 amide bonds. The van der Waals surface area contributed by atoms with E-state index < -0.39 is 0 Å². The van der Waals surface area contributed by atoms with E-state index in [4.69, 9.17) is 4.52 Å². The van der Waals surface area contributed by atoms with E-state index in [1.165, 1.54) is 4.57 Å². The van der Waals surface area contributed by atoms with E-state index in [9.17, 15) is 4.79 Å². The van der Waals surface area contributed by atoms with Crippen molar-refractivity contribution in [3.8, 4) is 0 Å². The van der Waals surface area contributed by atoms with E-state index in [0.717, 1.165) is 57.0 Å². The molecule has 0 saturated carbocycles. The van der Waals surface area contributed by atoms with E-state index in [-0.39, 0.29) is 5.56 Å². The van der Waals surface area contributed by atoms with Crippen molar-refractivity contribution in [2.45, 2.75) is 32.2 Å². The number of anilines is 1. The fourth-order valence-electron chi connectivity index (χ4n) is 3.45. The van der Waals surface area contributed by atoms with Crippen LogP contribution in [0.3, 0.4) is 0 Å². The molecule has 2 aromatic heterocycles. The van der Waals surface area contributed by atoms with Crippen molar-refractivity contribution in [3.63, 3.8) is 0 Å². The Morgan fingerprint density at radius 1 is 1.24 bits per heavy atom. The van der Waals surface area contributed by atoms with Crippen LogP contribution in [-0.2, 0) is 6.42 Å². The van der Waals surface area contributed by atoms with Crippen LogP contribution in [0.5, 0.6) is 0 Å². The summed E-state index contributed by atoms with van der Waals surface area (Å²) in [4.78, 5) is 21.7. The Morgan fingerprint density at radius 2 is 2.05 bits per heavy atom. The van der Waals surface area contributed by atoms with Crippen LogP contribution < -0.4 is 10.5 Å². The van der Waals surface area contributed by atoms with Crippen molar-refractivity contribution in [2.24, 2.45) is 0 Å². The van der Waals surface area contributed by atoms with Crippen LogP contribution in [0.15, 0.2) is 21.5 Å². The van der Waals surface area contributed by atoms with Crippen LogP contribution in [0.25, 0.3) is 5.65 Å². The molecule has 0 radical (unpaired) electrons. The van der Waals surface area contributed by atoms with Crippen molar-refractivity contribution in [2.75, 3.05) is 31.1 Å². The number of rotatable bonds is 2. The number of aromatic nitrogens is 2. The van der Waals surface area contributed by atoms with Crippen molar-refractivity contribution in [1.82, 2.24) is 14.5 Å². The van der Waals surface area contributed by atoms with Crippen LogP contribution in [0.4, 0.5) is 5.82 Å². The molecule has 5 rings (SSSR count). The van der Waals surface area contributed by atoms with Gasteiger partial charge in [0.1, 0.15) is 11.6 Å². The number of nitrogens with zero attached hydrogens (tertiary/aromatic N) is 4. The minimum atomic E-state index is -0.131. The number of hydrogen-bond acceptors (Lipinski definition) is 5. The highest BCUT2D eigenvalue weighted by atomic mass is 16.5. The van der Waals surface area contributed by atoms with Gasteiger partial charge in [-0.1, -0.05) is 6.92 Å². The van der Waals surface area contributed by atoms with Gasteiger partial charge in [-0.05, 0) is 12.8 Å². The van der Waals surface area contributed by atoms with Gasteiger partial charge in [0.2, 0.25) is 0 Å². The van der Waals surface area contributed by atoms with E-state index >= 15 is 0 Å². The lowest BCUT2D eigenvalue weighted by Crippen LogP contribution is -2.38. The van der Waals surface area contributed by atoms with Crippen molar-refractivity contribution >= 4 is 11.5 Å². The quantitative estimate of drug-likeness (QED) is 0.829. The van der Waals surface area contributed by atoms with Gasteiger partial charge in [-0.25, -0.2) is 4.98 Å². The van der Waals surface area contributed by atoms with Gasteiger partial charge in [-0.3, -0.25) is 4.79 Å².